The molecule has 11 heavy (non-hydrogen) atoms. The van der Waals surface area contributed by atoms with Gasteiger partial charge < -0.3 is 18.8 Å². The third-order valence-corrected chi connectivity index (χ3v) is 0.898. The van der Waals surface area contributed by atoms with Gasteiger partial charge in [-0.15, -0.1) is 15.6 Å². The van der Waals surface area contributed by atoms with Crippen LogP contribution in [0.5, 0.6) is 0 Å². The van der Waals surface area contributed by atoms with Crippen molar-refractivity contribution in [2.45, 2.75) is 0 Å². The second kappa shape index (κ2) is 12.8. The summed E-state index contributed by atoms with van der Waals surface area (Å²) >= 11 is 0. The third kappa shape index (κ3) is 24.5. The van der Waals surface area contributed by atoms with Crippen LogP contribution in [0.3, 0.4) is 0 Å². The predicted octanol–water partition coefficient (Wildman–Crippen LogP) is -12.3. The summed E-state index contributed by atoms with van der Waals surface area (Å²) in [6.45, 7) is 2.91. The number of hydrogen-bond acceptors (Lipinski definition) is 4. The van der Waals surface area contributed by atoms with E-state index in [1.54, 1.807) is 0 Å². The van der Waals surface area contributed by atoms with Crippen LogP contribution in [0.4, 0.5) is 0 Å². The van der Waals surface area contributed by atoms with Gasteiger partial charge in [-0.2, -0.15) is 0 Å². The molecule has 0 fully saturated rings. The number of hydrogen-bond donors (Lipinski definition) is 0. The molecule has 0 heterocycles. The standard InChI is InChI=1S/C3H5O4Si.3Na/c1-2-3-7-8(4,5)6;;;/h2H,1,3H2;;;/q-3;3*+1. The van der Waals surface area contributed by atoms with Crippen LogP contribution in [-0.4, -0.2) is 15.7 Å². The zero-order chi connectivity index (χ0) is 6.62. The predicted molar refractivity (Wildman–Crippen MR) is 21.9 cm³/mol. The largest absolute Gasteiger partial charge is 1.00 e. The first-order valence-electron chi connectivity index (χ1n) is 1.92. The van der Waals surface area contributed by atoms with E-state index >= 15 is 0 Å². The van der Waals surface area contributed by atoms with Gasteiger partial charge >= 0.3 is 88.7 Å². The first-order valence-corrected chi connectivity index (χ1v) is 3.55. The first kappa shape index (κ1) is 23.5. The minimum atomic E-state index is -5.00. The summed E-state index contributed by atoms with van der Waals surface area (Å²) in [6.07, 6.45) is 1.19. The molecule has 0 saturated heterocycles. The van der Waals surface area contributed by atoms with Crippen LogP contribution in [0.15, 0.2) is 12.7 Å². The van der Waals surface area contributed by atoms with Crippen molar-refractivity contribution in [3.05, 3.63) is 12.7 Å². The SMILES string of the molecule is C=CCO[Si]([O-])([O-])[O-].[Na+].[Na+].[Na+]. The van der Waals surface area contributed by atoms with Gasteiger partial charge in [-0.1, -0.05) is 6.08 Å². The van der Waals surface area contributed by atoms with Gasteiger partial charge in [0.2, 0.25) is 0 Å². The van der Waals surface area contributed by atoms with Crippen molar-refractivity contribution in [1.82, 2.24) is 0 Å². The van der Waals surface area contributed by atoms with Gasteiger partial charge in [-0.25, -0.2) is 0 Å². The summed E-state index contributed by atoms with van der Waals surface area (Å²) in [5, 5.41) is 0. The molecule has 0 aliphatic rings. The van der Waals surface area contributed by atoms with Gasteiger partial charge in [-0.3, -0.25) is 0 Å². The van der Waals surface area contributed by atoms with Crippen LogP contribution < -0.4 is 103 Å². The summed E-state index contributed by atoms with van der Waals surface area (Å²) in [5.74, 6) is 0. The van der Waals surface area contributed by atoms with E-state index < -0.39 is 9.05 Å². The molecule has 0 aromatic heterocycles. The molecule has 0 atom stereocenters. The van der Waals surface area contributed by atoms with E-state index in [9.17, 15) is 14.4 Å². The quantitative estimate of drug-likeness (QED) is 0.336. The van der Waals surface area contributed by atoms with Crippen LogP contribution in [0, 0.1) is 0 Å². The molecule has 4 nitrogen and oxygen atoms in total. The van der Waals surface area contributed by atoms with Gasteiger partial charge in [0.05, 0.1) is 0 Å². The Kier molecular flexibility index (Phi) is 27.4. The summed E-state index contributed by atoms with van der Waals surface area (Å²) in [6, 6.07) is 0. The van der Waals surface area contributed by atoms with E-state index in [1.807, 2.05) is 0 Å². The van der Waals surface area contributed by atoms with Crippen LogP contribution in [0.1, 0.15) is 0 Å². The Hall–Kier alpha value is 2.80. The molecule has 0 N–H and O–H groups in total. The summed E-state index contributed by atoms with van der Waals surface area (Å²) in [7, 11) is -5.00. The monoisotopic (exact) mass is 202 g/mol. The Morgan fingerprint density at radius 1 is 1.18 bits per heavy atom. The van der Waals surface area contributed by atoms with E-state index in [0.717, 1.165) is 0 Å². The minimum absolute atomic E-state index is 0. The Labute approximate surface area is 133 Å². The molecule has 0 bridgehead atoms. The van der Waals surface area contributed by atoms with Gasteiger partial charge in [-0.05, 0) is 0 Å². The normalized spacial score (nSPS) is 8.27. The summed E-state index contributed by atoms with van der Waals surface area (Å²) < 4.78 is 3.73. The maximum atomic E-state index is 9.62. The molecule has 0 radical (unpaired) electrons. The zero-order valence-electron chi connectivity index (χ0n) is 7.12. The Bertz CT molecular complexity index is 85.1. The zero-order valence-corrected chi connectivity index (χ0v) is 14.1. The van der Waals surface area contributed by atoms with Crippen LogP contribution in [0.2, 0.25) is 0 Å². The molecule has 0 aliphatic heterocycles. The molecule has 0 aromatic carbocycles. The molecular formula is C3H5Na3O4Si. The molecule has 0 unspecified atom stereocenters. The average molecular weight is 202 g/mol. The fraction of sp³-hybridized carbons (Fsp3) is 0.333. The fourth-order valence-corrected chi connectivity index (χ4v) is 0.483. The summed E-state index contributed by atoms with van der Waals surface area (Å²) in [4.78, 5) is 28.9. The van der Waals surface area contributed by atoms with Gasteiger partial charge in [0, 0.05) is 6.61 Å². The third-order valence-electron chi connectivity index (χ3n) is 0.378. The molecule has 0 spiro atoms. The summed E-state index contributed by atoms with van der Waals surface area (Å²) in [5.41, 5.74) is 0. The minimum Gasteiger partial charge on any atom is -0.861 e. The molecule has 8 heteroatoms. The molecule has 0 rings (SSSR count). The smallest absolute Gasteiger partial charge is 0.861 e. The van der Waals surface area contributed by atoms with E-state index in [1.165, 1.54) is 6.08 Å². The molecule has 0 aromatic rings. The van der Waals surface area contributed by atoms with Crippen molar-refractivity contribution in [2.24, 2.45) is 0 Å². The Morgan fingerprint density at radius 2 is 1.55 bits per heavy atom. The maximum absolute atomic E-state index is 9.62. The fourth-order valence-electron chi connectivity index (χ4n) is 0.161. The molecule has 48 valence electrons. The molecular weight excluding hydrogens is 197 g/mol. The maximum Gasteiger partial charge on any atom is 1.00 e. The molecule has 0 amide bonds. The number of rotatable bonds is 3. The Morgan fingerprint density at radius 3 is 1.64 bits per heavy atom. The van der Waals surface area contributed by atoms with Crippen LogP contribution >= 0.6 is 0 Å². The van der Waals surface area contributed by atoms with Crippen molar-refractivity contribution in [3.8, 4) is 0 Å². The van der Waals surface area contributed by atoms with Crippen molar-refractivity contribution in [1.29, 1.82) is 0 Å². The second-order valence-corrected chi connectivity index (χ2v) is 2.39. The van der Waals surface area contributed by atoms with E-state index in [-0.39, 0.29) is 95.3 Å². The average Bonchev–Trinajstić information content (AvgIpc) is 1.59. The topological polar surface area (TPSA) is 78.4 Å². The van der Waals surface area contributed by atoms with Crippen LogP contribution in [0.25, 0.3) is 0 Å². The Balaban J connectivity index is -0.0000000817. The molecule has 0 saturated carbocycles. The van der Waals surface area contributed by atoms with Crippen molar-refractivity contribution >= 4 is 9.05 Å². The van der Waals surface area contributed by atoms with E-state index in [0.29, 0.717) is 0 Å². The van der Waals surface area contributed by atoms with Crippen molar-refractivity contribution in [2.75, 3.05) is 6.61 Å². The van der Waals surface area contributed by atoms with E-state index in [2.05, 4.69) is 11.0 Å². The van der Waals surface area contributed by atoms with E-state index in [4.69, 9.17) is 0 Å². The second-order valence-electron chi connectivity index (χ2n) is 1.10. The van der Waals surface area contributed by atoms with Crippen molar-refractivity contribution < 1.29 is 107 Å². The molecule has 0 aliphatic carbocycles. The van der Waals surface area contributed by atoms with Crippen LogP contribution in [-0.2, 0) is 4.43 Å². The van der Waals surface area contributed by atoms with Gasteiger partial charge in [0.15, 0.2) is 0 Å². The van der Waals surface area contributed by atoms with Crippen molar-refractivity contribution in [3.63, 3.8) is 0 Å². The van der Waals surface area contributed by atoms with Gasteiger partial charge in [0.25, 0.3) is 0 Å². The first-order chi connectivity index (χ1) is 3.56. The van der Waals surface area contributed by atoms with Gasteiger partial charge in [0.1, 0.15) is 0 Å².